The lowest BCUT2D eigenvalue weighted by molar-refractivity contribution is -0.122. The average molecular weight is 495 g/mol. The van der Waals surface area contributed by atoms with Crippen molar-refractivity contribution in [3.05, 3.63) is 93.8 Å². The maximum absolute atomic E-state index is 14.3. The first-order chi connectivity index (χ1) is 16.8. The van der Waals surface area contributed by atoms with Crippen molar-refractivity contribution >= 4 is 41.2 Å². The number of hydrogen-bond acceptors (Lipinski definition) is 5. The molecular weight excluding hydrogens is 475 g/mol. The molecule has 35 heavy (non-hydrogen) atoms. The van der Waals surface area contributed by atoms with Gasteiger partial charge in [0.15, 0.2) is 11.5 Å². The highest BCUT2D eigenvalue weighted by atomic mass is 35.5. The van der Waals surface area contributed by atoms with Gasteiger partial charge in [0.2, 0.25) is 0 Å². The number of methoxy groups -OCH3 is 1. The van der Waals surface area contributed by atoms with Gasteiger partial charge in [-0.3, -0.25) is 14.9 Å². The summed E-state index contributed by atoms with van der Waals surface area (Å²) in [4.78, 5) is 38.3. The zero-order valence-electron chi connectivity index (χ0n) is 18.8. The number of para-hydroxylation sites is 1. The van der Waals surface area contributed by atoms with Crippen LogP contribution in [0.3, 0.4) is 0 Å². The number of benzene rings is 3. The summed E-state index contributed by atoms with van der Waals surface area (Å²) in [6, 6.07) is 15.0. The summed E-state index contributed by atoms with van der Waals surface area (Å²) in [5.41, 5.74) is 1.72. The van der Waals surface area contributed by atoms with Gasteiger partial charge in [-0.2, -0.15) is 0 Å². The van der Waals surface area contributed by atoms with E-state index in [2.05, 4.69) is 5.32 Å². The molecule has 1 aliphatic heterocycles. The van der Waals surface area contributed by atoms with E-state index in [4.69, 9.17) is 21.1 Å². The van der Waals surface area contributed by atoms with E-state index in [1.54, 1.807) is 0 Å². The van der Waals surface area contributed by atoms with E-state index in [9.17, 15) is 18.8 Å². The Morgan fingerprint density at radius 1 is 1.06 bits per heavy atom. The molecule has 1 N–H and O–H groups in total. The molecule has 0 radical (unpaired) electrons. The lowest BCUT2D eigenvalue weighted by atomic mass is 10.1. The van der Waals surface area contributed by atoms with E-state index in [1.807, 2.05) is 31.2 Å². The van der Waals surface area contributed by atoms with Gasteiger partial charge in [-0.05, 0) is 48.4 Å². The first kappa shape index (κ1) is 24.0. The van der Waals surface area contributed by atoms with Crippen molar-refractivity contribution < 1.29 is 28.2 Å². The van der Waals surface area contributed by atoms with Gasteiger partial charge >= 0.3 is 6.03 Å². The van der Waals surface area contributed by atoms with Crippen molar-refractivity contribution in [3.63, 3.8) is 0 Å². The molecule has 4 amide bonds. The number of ether oxygens (including phenoxy) is 2. The summed E-state index contributed by atoms with van der Waals surface area (Å²) < 4.78 is 25.5. The molecule has 1 aliphatic rings. The van der Waals surface area contributed by atoms with Crippen LogP contribution in [0.25, 0.3) is 6.08 Å². The number of anilines is 1. The molecule has 0 bridgehead atoms. The van der Waals surface area contributed by atoms with Gasteiger partial charge in [-0.1, -0.05) is 53.6 Å². The summed E-state index contributed by atoms with van der Waals surface area (Å²) >= 11 is 6.44. The lowest BCUT2D eigenvalue weighted by Crippen LogP contribution is -2.54. The molecule has 0 aromatic heterocycles. The number of rotatable bonds is 6. The van der Waals surface area contributed by atoms with E-state index in [1.165, 1.54) is 43.5 Å². The predicted molar refractivity (Wildman–Crippen MR) is 129 cm³/mol. The van der Waals surface area contributed by atoms with Crippen LogP contribution in [0.15, 0.2) is 66.2 Å². The Kier molecular flexibility index (Phi) is 6.84. The first-order valence-corrected chi connectivity index (χ1v) is 10.9. The number of carbonyl (C=O) groups excluding carboxylic acids is 3. The monoisotopic (exact) mass is 494 g/mol. The number of urea groups is 1. The smallest absolute Gasteiger partial charge is 0.336 e. The van der Waals surface area contributed by atoms with Crippen LogP contribution < -0.4 is 19.7 Å². The number of nitrogens with one attached hydrogen (secondary N) is 1. The molecule has 1 fully saturated rings. The van der Waals surface area contributed by atoms with Crippen molar-refractivity contribution in [1.29, 1.82) is 0 Å². The number of imide groups is 2. The number of amides is 4. The minimum Gasteiger partial charge on any atom is -0.493 e. The Morgan fingerprint density at radius 2 is 1.83 bits per heavy atom. The van der Waals surface area contributed by atoms with Gasteiger partial charge in [-0.25, -0.2) is 14.1 Å². The fourth-order valence-corrected chi connectivity index (χ4v) is 3.87. The molecule has 0 aliphatic carbocycles. The van der Waals surface area contributed by atoms with Crippen molar-refractivity contribution in [2.24, 2.45) is 0 Å². The summed E-state index contributed by atoms with van der Waals surface area (Å²) in [6.45, 7) is 2.22. The molecule has 1 heterocycles. The van der Waals surface area contributed by atoms with E-state index in [-0.39, 0.29) is 28.6 Å². The van der Waals surface area contributed by atoms with Crippen LogP contribution in [0.5, 0.6) is 11.5 Å². The summed E-state index contributed by atoms with van der Waals surface area (Å²) in [5, 5.41) is 2.25. The quantitative estimate of drug-likeness (QED) is 0.383. The maximum Gasteiger partial charge on any atom is 0.336 e. The highest BCUT2D eigenvalue weighted by Gasteiger charge is 2.38. The van der Waals surface area contributed by atoms with Crippen molar-refractivity contribution in [2.45, 2.75) is 13.5 Å². The lowest BCUT2D eigenvalue weighted by Gasteiger charge is -2.26. The van der Waals surface area contributed by atoms with Crippen LogP contribution in [-0.2, 0) is 16.2 Å². The van der Waals surface area contributed by atoms with Gasteiger partial charge in [0.25, 0.3) is 11.8 Å². The Labute approximate surface area is 205 Å². The van der Waals surface area contributed by atoms with E-state index >= 15 is 0 Å². The van der Waals surface area contributed by atoms with Crippen LogP contribution in [-0.4, -0.2) is 25.0 Å². The van der Waals surface area contributed by atoms with Crippen molar-refractivity contribution in [1.82, 2.24) is 5.32 Å². The third-order valence-electron chi connectivity index (χ3n) is 5.22. The molecule has 0 atom stereocenters. The van der Waals surface area contributed by atoms with E-state index in [0.29, 0.717) is 16.2 Å². The second-order valence-corrected chi connectivity index (χ2v) is 8.13. The van der Waals surface area contributed by atoms with Crippen LogP contribution in [0, 0.1) is 12.7 Å². The summed E-state index contributed by atoms with van der Waals surface area (Å²) in [5.74, 6) is -2.10. The van der Waals surface area contributed by atoms with Gasteiger partial charge in [-0.15, -0.1) is 0 Å². The highest BCUT2D eigenvalue weighted by Crippen LogP contribution is 2.38. The summed E-state index contributed by atoms with van der Waals surface area (Å²) in [6.07, 6.45) is 1.25. The minimum atomic E-state index is -1.04. The highest BCUT2D eigenvalue weighted by molar-refractivity contribution is 6.39. The number of nitrogens with zero attached hydrogens (tertiary/aromatic N) is 1. The molecule has 0 spiro atoms. The number of halogens is 2. The molecule has 9 heteroatoms. The van der Waals surface area contributed by atoms with Crippen LogP contribution >= 0.6 is 11.6 Å². The Hall–Kier alpha value is -4.17. The van der Waals surface area contributed by atoms with Crippen LogP contribution in [0.4, 0.5) is 14.9 Å². The molecule has 3 aromatic carbocycles. The van der Waals surface area contributed by atoms with Gasteiger partial charge in [0.05, 0.1) is 17.8 Å². The van der Waals surface area contributed by atoms with Gasteiger partial charge < -0.3 is 9.47 Å². The second kappa shape index (κ2) is 9.99. The largest absolute Gasteiger partial charge is 0.493 e. The van der Waals surface area contributed by atoms with E-state index in [0.717, 1.165) is 17.2 Å². The average Bonchev–Trinajstić information content (AvgIpc) is 2.82. The first-order valence-electron chi connectivity index (χ1n) is 10.5. The zero-order valence-corrected chi connectivity index (χ0v) is 19.6. The minimum absolute atomic E-state index is 0.189. The molecule has 0 saturated carbocycles. The number of carbonyl (C=O) groups is 3. The van der Waals surface area contributed by atoms with E-state index < -0.39 is 23.7 Å². The fraction of sp³-hybridized carbons (Fsp3) is 0.115. The fourth-order valence-electron chi connectivity index (χ4n) is 3.60. The van der Waals surface area contributed by atoms with Crippen LogP contribution in [0.1, 0.15) is 16.7 Å². The number of hydrogen-bond donors (Lipinski definition) is 1. The van der Waals surface area contributed by atoms with Crippen molar-refractivity contribution in [2.75, 3.05) is 12.0 Å². The molecule has 3 aromatic rings. The third kappa shape index (κ3) is 5.02. The Morgan fingerprint density at radius 3 is 2.54 bits per heavy atom. The molecule has 178 valence electrons. The van der Waals surface area contributed by atoms with Crippen LogP contribution in [0.2, 0.25) is 5.02 Å². The van der Waals surface area contributed by atoms with Gasteiger partial charge in [0, 0.05) is 0 Å². The van der Waals surface area contributed by atoms with Crippen molar-refractivity contribution in [3.8, 4) is 11.5 Å². The molecule has 4 rings (SSSR count). The Bertz CT molecular complexity index is 1370. The number of barbiturate groups is 1. The normalized spacial score (nSPS) is 14.8. The summed E-state index contributed by atoms with van der Waals surface area (Å²) in [7, 11) is 1.43. The second-order valence-electron chi connectivity index (χ2n) is 7.72. The maximum atomic E-state index is 14.3. The topological polar surface area (TPSA) is 84.9 Å². The predicted octanol–water partition coefficient (Wildman–Crippen LogP) is 5.04. The molecule has 7 nitrogen and oxygen atoms in total. The molecular formula is C26H20ClFN2O5. The Balaban J connectivity index is 1.65. The SMILES string of the molecule is COc1cc(/C=C2/C(=O)NC(=O)N(c3ccccc3F)C2=O)cc(Cl)c1OCc1cccc(C)c1. The molecule has 1 saturated heterocycles. The standard InChI is InChI=1S/C26H20ClFN2O5/c1-15-6-5-7-16(10-15)14-35-23-19(27)12-17(13-22(23)34-2)11-18-24(31)29-26(33)30(25(18)32)21-9-4-3-8-20(21)28/h3-13H,14H2,1-2H3,(H,29,31,33)/b18-11-. The number of aryl methyl sites for hydroxylation is 1. The zero-order chi connectivity index (χ0) is 25.1. The molecule has 0 unspecified atom stereocenters. The third-order valence-corrected chi connectivity index (χ3v) is 5.50. The van der Waals surface area contributed by atoms with Gasteiger partial charge in [0.1, 0.15) is 18.0 Å².